The minimum atomic E-state index is -1.83. The highest BCUT2D eigenvalue weighted by atomic mass is 19.1. The fourth-order valence-electron chi connectivity index (χ4n) is 3.87. The van der Waals surface area contributed by atoms with Crippen LogP contribution in [0.2, 0.25) is 0 Å². The first kappa shape index (κ1) is 17.6. The van der Waals surface area contributed by atoms with E-state index in [9.17, 15) is 18.3 Å². The SMILES string of the molecule is [2H]C1CC([2H])(O)CC([2H])C1Nc1ncc2nc(Nc3c(F)cc(F)cc3F)n(C3CCOC3)c2n1. The first-order valence-corrected chi connectivity index (χ1v) is 10.2. The van der Waals surface area contributed by atoms with Gasteiger partial charge in [-0.05, 0) is 32.1 Å². The molecule has 1 aliphatic carbocycles. The van der Waals surface area contributed by atoms with E-state index in [-0.39, 0.29) is 30.8 Å². The van der Waals surface area contributed by atoms with Crippen LogP contribution in [-0.4, -0.2) is 50.0 Å². The Morgan fingerprint density at radius 2 is 1.91 bits per heavy atom. The van der Waals surface area contributed by atoms with E-state index in [1.807, 2.05) is 0 Å². The van der Waals surface area contributed by atoms with Crippen molar-refractivity contribution in [2.24, 2.45) is 0 Å². The molecule has 1 aliphatic heterocycles. The van der Waals surface area contributed by atoms with Crippen molar-refractivity contribution in [2.45, 2.75) is 50.2 Å². The summed E-state index contributed by atoms with van der Waals surface area (Å²) in [5.41, 5.74) is 0.0913. The second-order valence-electron chi connectivity index (χ2n) is 7.71. The Balaban J connectivity index is 1.51. The number of benzene rings is 1. The van der Waals surface area contributed by atoms with Crippen molar-refractivity contribution in [2.75, 3.05) is 23.8 Å². The number of halogens is 3. The minimum Gasteiger partial charge on any atom is -0.393 e. The van der Waals surface area contributed by atoms with Crippen molar-refractivity contribution >= 4 is 28.7 Å². The van der Waals surface area contributed by atoms with Gasteiger partial charge in [-0.15, -0.1) is 0 Å². The number of fused-ring (bicyclic) bond motifs is 1. The molecular formula is C21H23F3N6O2. The van der Waals surface area contributed by atoms with E-state index in [1.54, 1.807) is 4.57 Å². The zero-order valence-corrected chi connectivity index (χ0v) is 16.9. The summed E-state index contributed by atoms with van der Waals surface area (Å²) in [4.78, 5) is 13.1. The van der Waals surface area contributed by atoms with Gasteiger partial charge in [-0.1, -0.05) is 0 Å². The lowest BCUT2D eigenvalue weighted by Crippen LogP contribution is -2.29. The number of nitrogens with zero attached hydrogens (tertiary/aromatic N) is 4. The number of hydrogen-bond donors (Lipinski definition) is 3. The van der Waals surface area contributed by atoms with Crippen LogP contribution in [0.1, 0.15) is 42.2 Å². The van der Waals surface area contributed by atoms with E-state index in [4.69, 9.17) is 8.85 Å². The third-order valence-corrected chi connectivity index (χ3v) is 5.46. The van der Waals surface area contributed by atoms with E-state index in [2.05, 4.69) is 25.6 Å². The zero-order valence-electron chi connectivity index (χ0n) is 19.9. The molecule has 3 atom stereocenters. The molecule has 0 amide bonds. The molecule has 2 aliphatic rings. The molecule has 11 heteroatoms. The third-order valence-electron chi connectivity index (χ3n) is 5.46. The van der Waals surface area contributed by atoms with Crippen LogP contribution in [-0.2, 0) is 4.74 Å². The van der Waals surface area contributed by atoms with E-state index in [1.165, 1.54) is 6.20 Å². The van der Waals surface area contributed by atoms with Gasteiger partial charge in [0.2, 0.25) is 11.9 Å². The first-order chi connectivity index (χ1) is 16.6. The molecule has 5 rings (SSSR count). The summed E-state index contributed by atoms with van der Waals surface area (Å²) in [6.07, 6.45) is -1.93. The minimum absolute atomic E-state index is 0.0695. The Kier molecular flexibility index (Phi) is 4.71. The van der Waals surface area contributed by atoms with E-state index < -0.39 is 48.1 Å². The molecule has 32 heavy (non-hydrogen) atoms. The molecule has 3 N–H and O–H groups in total. The summed E-state index contributed by atoms with van der Waals surface area (Å²) in [6.45, 7) is 0.786. The molecule has 0 bridgehead atoms. The second kappa shape index (κ2) is 8.55. The van der Waals surface area contributed by atoms with Gasteiger partial charge in [0.25, 0.3) is 0 Å². The van der Waals surface area contributed by atoms with Crippen molar-refractivity contribution in [1.29, 1.82) is 0 Å². The molecular weight excluding hydrogens is 425 g/mol. The molecule has 1 saturated heterocycles. The molecule has 0 radical (unpaired) electrons. The number of aliphatic hydroxyl groups is 1. The topological polar surface area (TPSA) is 97.1 Å². The second-order valence-corrected chi connectivity index (χ2v) is 7.71. The molecule has 170 valence electrons. The largest absolute Gasteiger partial charge is 0.393 e. The summed E-state index contributed by atoms with van der Waals surface area (Å²) in [6, 6.07) is 0.160. The van der Waals surface area contributed by atoms with Crippen molar-refractivity contribution in [3.63, 3.8) is 0 Å². The lowest BCUT2D eigenvalue weighted by Gasteiger charge is -2.26. The van der Waals surface area contributed by atoms with Gasteiger partial charge >= 0.3 is 0 Å². The van der Waals surface area contributed by atoms with E-state index >= 15 is 0 Å². The van der Waals surface area contributed by atoms with Gasteiger partial charge < -0.3 is 20.5 Å². The van der Waals surface area contributed by atoms with Crippen LogP contribution in [0.4, 0.5) is 30.8 Å². The number of anilines is 3. The normalized spacial score (nSPS) is 31.8. The Morgan fingerprint density at radius 3 is 2.59 bits per heavy atom. The highest BCUT2D eigenvalue weighted by molar-refractivity contribution is 5.76. The van der Waals surface area contributed by atoms with Crippen LogP contribution in [0.25, 0.3) is 11.2 Å². The van der Waals surface area contributed by atoms with Gasteiger partial charge in [-0.3, -0.25) is 4.57 Å². The Bertz CT molecular complexity index is 1220. The summed E-state index contributed by atoms with van der Waals surface area (Å²) < 4.78 is 73.3. The predicted molar refractivity (Wildman–Crippen MR) is 111 cm³/mol. The number of imidazole rings is 1. The van der Waals surface area contributed by atoms with E-state index in [0.717, 1.165) is 0 Å². The smallest absolute Gasteiger partial charge is 0.224 e. The summed E-state index contributed by atoms with van der Waals surface area (Å²) in [5, 5.41) is 15.5. The summed E-state index contributed by atoms with van der Waals surface area (Å²) in [5.74, 6) is -3.10. The third kappa shape index (κ3) is 4.09. The van der Waals surface area contributed by atoms with Crippen molar-refractivity contribution < 1.29 is 27.1 Å². The Labute approximate surface area is 186 Å². The predicted octanol–water partition coefficient (Wildman–Crippen LogP) is 3.66. The molecule has 3 heterocycles. The van der Waals surface area contributed by atoms with Gasteiger partial charge in [-0.25, -0.2) is 23.1 Å². The Morgan fingerprint density at radius 1 is 1.16 bits per heavy atom. The zero-order chi connectivity index (χ0) is 24.9. The highest BCUT2D eigenvalue weighted by Gasteiger charge is 2.27. The van der Waals surface area contributed by atoms with Gasteiger partial charge in [0.15, 0.2) is 17.3 Å². The molecule has 8 nitrogen and oxygen atoms in total. The summed E-state index contributed by atoms with van der Waals surface area (Å²) >= 11 is 0. The van der Waals surface area contributed by atoms with Gasteiger partial charge in [-0.2, -0.15) is 4.98 Å². The molecule has 3 unspecified atom stereocenters. The maximum absolute atomic E-state index is 14.3. The fourth-order valence-corrected chi connectivity index (χ4v) is 3.87. The average molecular weight is 451 g/mol. The van der Waals surface area contributed by atoms with Crippen LogP contribution in [0.5, 0.6) is 0 Å². The van der Waals surface area contributed by atoms with Crippen molar-refractivity contribution in [3.05, 3.63) is 35.8 Å². The molecule has 1 saturated carbocycles. The number of hydrogen-bond acceptors (Lipinski definition) is 7. The Hall–Kier alpha value is -2.92. The quantitative estimate of drug-likeness (QED) is 0.545. The maximum Gasteiger partial charge on any atom is 0.224 e. The molecule has 2 fully saturated rings. The first-order valence-electron chi connectivity index (χ1n) is 11.8. The molecule has 3 aromatic rings. The maximum atomic E-state index is 14.3. The lowest BCUT2D eigenvalue weighted by atomic mass is 9.93. The molecule has 1 aromatic carbocycles. The van der Waals surface area contributed by atoms with Crippen molar-refractivity contribution in [1.82, 2.24) is 19.5 Å². The monoisotopic (exact) mass is 451 g/mol. The number of rotatable bonds is 5. The standard InChI is InChI=1S/C21H23F3N6O2/c22-11-7-15(23)18(16(24)8-11)28-21-27-17-9-25-20(26-12-1-3-14(31)4-2-12)29-19(17)30(21)13-5-6-32-10-13/h7-9,12-14,31H,1-6,10H2,(H,27,28)(H,25,26,29)/i1D,2D,14D. The van der Waals surface area contributed by atoms with Crippen LogP contribution in [0.15, 0.2) is 18.3 Å². The van der Waals surface area contributed by atoms with Gasteiger partial charge in [0, 0.05) is 27.5 Å². The molecule has 0 spiro atoms. The van der Waals surface area contributed by atoms with Crippen molar-refractivity contribution in [3.8, 4) is 0 Å². The highest BCUT2D eigenvalue weighted by Crippen LogP contribution is 2.32. The average Bonchev–Trinajstić information content (AvgIpc) is 3.39. The van der Waals surface area contributed by atoms with Crippen LogP contribution in [0, 0.1) is 17.5 Å². The number of ether oxygens (including phenoxy) is 1. The summed E-state index contributed by atoms with van der Waals surface area (Å²) in [7, 11) is 0. The molecule has 2 aromatic heterocycles. The lowest BCUT2D eigenvalue weighted by molar-refractivity contribution is 0.126. The number of aromatic nitrogens is 4. The van der Waals surface area contributed by atoms with Gasteiger partial charge in [0.1, 0.15) is 17.0 Å². The van der Waals surface area contributed by atoms with Crippen LogP contribution >= 0.6 is 0 Å². The van der Waals surface area contributed by atoms with E-state index in [0.29, 0.717) is 42.9 Å². The van der Waals surface area contributed by atoms with Gasteiger partial charge in [0.05, 0.1) is 26.3 Å². The van der Waals surface area contributed by atoms with Crippen LogP contribution < -0.4 is 10.6 Å². The fraction of sp³-hybridized carbons (Fsp3) is 0.476. The van der Waals surface area contributed by atoms with Crippen LogP contribution in [0.3, 0.4) is 0 Å². The number of nitrogens with one attached hydrogen (secondary N) is 2.